The molecule has 2 fully saturated rings. The van der Waals surface area contributed by atoms with Crippen molar-refractivity contribution in [1.82, 2.24) is 35.1 Å². The maximum atomic E-state index is 13.5. The van der Waals surface area contributed by atoms with Crippen molar-refractivity contribution >= 4 is 35.1 Å². The van der Waals surface area contributed by atoms with Gasteiger partial charge in [-0.2, -0.15) is 17.6 Å². The van der Waals surface area contributed by atoms with Crippen LogP contribution in [0.2, 0.25) is 0 Å². The van der Waals surface area contributed by atoms with Gasteiger partial charge in [-0.05, 0) is 84.9 Å². The van der Waals surface area contributed by atoms with Gasteiger partial charge in [0, 0.05) is 74.9 Å². The SMILES string of the molecule is CCN1CCN(C(=O)N(Cc2ccc(-c3nnc(C(F)F)o3)cc2)c2ccc(F)cc2)CC1.CCN1CCN(C(=O)N(Cc2ccc(C(=O)CNC(=O)C(F)F)cc2)c2ccc(F)cc2)CC1. The van der Waals surface area contributed by atoms with Crippen LogP contribution in [0.3, 0.4) is 0 Å². The molecule has 0 unspecified atom stereocenters. The van der Waals surface area contributed by atoms with Crippen molar-refractivity contribution in [3.05, 3.63) is 131 Å². The van der Waals surface area contributed by atoms with E-state index in [1.807, 2.05) is 5.32 Å². The maximum absolute atomic E-state index is 13.5. The summed E-state index contributed by atoms with van der Waals surface area (Å²) in [4.78, 5) is 61.1. The van der Waals surface area contributed by atoms with Gasteiger partial charge in [-0.25, -0.2) is 18.4 Å². The molecule has 0 aliphatic carbocycles. The van der Waals surface area contributed by atoms with Crippen LogP contribution >= 0.6 is 0 Å². The summed E-state index contributed by atoms with van der Waals surface area (Å²) in [7, 11) is 0. The minimum atomic E-state index is -3.19. The molecule has 67 heavy (non-hydrogen) atoms. The number of rotatable bonds is 14. The molecular formula is C47H51F6N9O5. The maximum Gasteiger partial charge on any atom is 0.324 e. The molecule has 3 heterocycles. The quantitative estimate of drug-likeness (QED) is 0.0876. The molecule has 7 rings (SSSR count). The van der Waals surface area contributed by atoms with Crippen molar-refractivity contribution in [3.8, 4) is 11.5 Å². The zero-order valence-corrected chi connectivity index (χ0v) is 37.0. The first-order chi connectivity index (χ1) is 32.2. The van der Waals surface area contributed by atoms with Crippen molar-refractivity contribution in [1.29, 1.82) is 0 Å². The van der Waals surface area contributed by atoms with Crippen LogP contribution in [0.25, 0.3) is 11.5 Å². The van der Waals surface area contributed by atoms with E-state index < -0.39 is 42.8 Å². The summed E-state index contributed by atoms with van der Waals surface area (Å²) >= 11 is 0. The predicted molar refractivity (Wildman–Crippen MR) is 238 cm³/mol. The topological polar surface area (TPSA) is 139 Å². The van der Waals surface area contributed by atoms with Crippen LogP contribution in [-0.4, -0.2) is 132 Å². The molecule has 0 bridgehead atoms. The number of aromatic nitrogens is 2. The third-order valence-corrected chi connectivity index (χ3v) is 11.3. The van der Waals surface area contributed by atoms with Gasteiger partial charge in [0.05, 0.1) is 19.6 Å². The van der Waals surface area contributed by atoms with Crippen LogP contribution < -0.4 is 15.1 Å². The molecule has 14 nitrogen and oxygen atoms in total. The molecule has 1 N–H and O–H groups in total. The highest BCUT2D eigenvalue weighted by atomic mass is 19.3. The zero-order valence-electron chi connectivity index (χ0n) is 37.0. The summed E-state index contributed by atoms with van der Waals surface area (Å²) in [6.45, 7) is 11.5. The molecule has 20 heteroatoms. The van der Waals surface area contributed by atoms with Crippen LogP contribution in [-0.2, 0) is 17.9 Å². The predicted octanol–water partition coefficient (Wildman–Crippen LogP) is 7.73. The van der Waals surface area contributed by atoms with E-state index in [-0.39, 0.29) is 42.4 Å². The van der Waals surface area contributed by atoms with Gasteiger partial charge in [-0.1, -0.05) is 50.2 Å². The number of halogens is 6. The number of hydrogen-bond donors (Lipinski definition) is 1. The van der Waals surface area contributed by atoms with Crippen molar-refractivity contribution in [3.63, 3.8) is 0 Å². The number of benzene rings is 4. The van der Waals surface area contributed by atoms with Crippen molar-refractivity contribution < 1.29 is 49.9 Å². The standard InChI is InChI=1S/C24H27F3N4O3.C23H24F3N5O2/c1-2-29-11-13-30(14-12-29)24(34)31(20-9-7-19(25)8-10-20)16-17-3-5-18(6-4-17)21(32)15-28-23(33)22(26)27;1-2-29-11-13-30(14-12-29)23(32)31(19-9-7-18(24)8-10-19)15-16-3-5-17(6-4-16)21-27-28-22(33-21)20(25)26/h3-10,22H,2,11-16H2,1H3,(H,28,33);3-10,20H,2,11-15H2,1H3. The van der Waals surface area contributed by atoms with E-state index >= 15 is 0 Å². The molecule has 2 aliphatic heterocycles. The number of carbonyl (C=O) groups is 4. The Kier molecular flexibility index (Phi) is 17.5. The van der Waals surface area contributed by atoms with E-state index in [4.69, 9.17) is 4.42 Å². The molecule has 5 aromatic rings. The fourth-order valence-electron chi connectivity index (χ4n) is 7.33. The normalized spacial score (nSPS) is 14.4. The second-order valence-corrected chi connectivity index (χ2v) is 15.6. The van der Waals surface area contributed by atoms with E-state index in [9.17, 15) is 45.5 Å². The number of urea groups is 2. The van der Waals surface area contributed by atoms with Gasteiger partial charge in [0.2, 0.25) is 5.89 Å². The number of anilines is 2. The van der Waals surface area contributed by atoms with Crippen LogP contribution in [0.4, 0.5) is 47.3 Å². The first kappa shape index (κ1) is 49.6. The van der Waals surface area contributed by atoms with Crippen molar-refractivity contribution in [2.75, 3.05) is 81.8 Å². The smallest absolute Gasteiger partial charge is 0.324 e. The first-order valence-corrected chi connectivity index (χ1v) is 21.7. The Hall–Kier alpha value is -6.80. The van der Waals surface area contributed by atoms with E-state index in [0.717, 1.165) is 50.4 Å². The highest BCUT2D eigenvalue weighted by molar-refractivity contribution is 5.99. The fraction of sp³-hybridized carbons (Fsp3) is 0.362. The molecule has 2 aliphatic rings. The second kappa shape index (κ2) is 23.6. The van der Waals surface area contributed by atoms with Gasteiger partial charge in [-0.3, -0.25) is 19.4 Å². The number of piperazine rings is 2. The lowest BCUT2D eigenvalue weighted by Crippen LogP contribution is -2.52. The molecule has 0 atom stereocenters. The molecule has 2 saturated heterocycles. The Morgan fingerprint density at radius 3 is 1.43 bits per heavy atom. The Morgan fingerprint density at radius 1 is 0.612 bits per heavy atom. The van der Waals surface area contributed by atoms with Crippen molar-refractivity contribution in [2.45, 2.75) is 39.8 Å². The van der Waals surface area contributed by atoms with Crippen LogP contribution in [0.5, 0.6) is 0 Å². The summed E-state index contributed by atoms with van der Waals surface area (Å²) in [6, 6.07) is 24.3. The number of ketones is 1. The van der Waals surface area contributed by atoms with Crippen LogP contribution in [0, 0.1) is 11.6 Å². The van der Waals surface area contributed by atoms with Crippen LogP contribution in [0.1, 0.15) is 47.6 Å². The molecular weight excluding hydrogens is 885 g/mol. The Bertz CT molecular complexity index is 2390. The number of likely N-dealkylation sites (N-methyl/N-ethyl adjacent to an activating group) is 2. The largest absolute Gasteiger partial charge is 0.415 e. The van der Waals surface area contributed by atoms with E-state index in [1.54, 1.807) is 80.3 Å². The number of nitrogens with zero attached hydrogens (tertiary/aromatic N) is 8. The van der Waals surface area contributed by atoms with E-state index in [2.05, 4.69) is 33.8 Å². The van der Waals surface area contributed by atoms with Gasteiger partial charge < -0.3 is 29.3 Å². The van der Waals surface area contributed by atoms with Gasteiger partial charge in [0.25, 0.3) is 11.8 Å². The van der Waals surface area contributed by atoms with Gasteiger partial charge in [-0.15, -0.1) is 10.2 Å². The van der Waals surface area contributed by atoms with Crippen LogP contribution in [0.15, 0.2) is 101 Å². The highest BCUT2D eigenvalue weighted by Gasteiger charge is 2.28. The Labute approximate surface area is 383 Å². The summed E-state index contributed by atoms with van der Waals surface area (Å²) in [6.07, 6.45) is -6.02. The summed E-state index contributed by atoms with van der Waals surface area (Å²) < 4.78 is 81.9. The van der Waals surface area contributed by atoms with E-state index in [0.29, 0.717) is 43.1 Å². The second-order valence-electron chi connectivity index (χ2n) is 15.6. The van der Waals surface area contributed by atoms with E-state index in [1.165, 1.54) is 36.4 Å². The number of hydrogen-bond acceptors (Lipinski definition) is 9. The molecule has 4 aromatic carbocycles. The highest BCUT2D eigenvalue weighted by Crippen LogP contribution is 2.26. The Morgan fingerprint density at radius 2 is 1.04 bits per heavy atom. The van der Waals surface area contributed by atoms with Gasteiger partial charge in [0.15, 0.2) is 5.78 Å². The molecule has 0 saturated carbocycles. The molecule has 356 valence electrons. The Balaban J connectivity index is 0.000000221. The minimum Gasteiger partial charge on any atom is -0.415 e. The zero-order chi connectivity index (χ0) is 48.0. The number of carbonyl (C=O) groups excluding carboxylic acids is 4. The monoisotopic (exact) mass is 935 g/mol. The lowest BCUT2D eigenvalue weighted by atomic mass is 10.1. The average Bonchev–Trinajstić information content (AvgIpc) is 3.86. The summed E-state index contributed by atoms with van der Waals surface area (Å²) in [5, 5.41) is 8.87. The molecule has 1 aromatic heterocycles. The first-order valence-electron chi connectivity index (χ1n) is 21.7. The number of Topliss-reactive ketones (excluding diaryl/α,β-unsaturated/α-hetero) is 1. The average molecular weight is 936 g/mol. The lowest BCUT2D eigenvalue weighted by molar-refractivity contribution is -0.131. The number of amides is 5. The molecule has 0 radical (unpaired) electrons. The van der Waals surface area contributed by atoms with Gasteiger partial charge >= 0.3 is 24.9 Å². The van der Waals surface area contributed by atoms with Gasteiger partial charge in [0.1, 0.15) is 11.6 Å². The number of nitrogens with one attached hydrogen (secondary N) is 1. The lowest BCUT2D eigenvalue weighted by Gasteiger charge is -2.37. The molecule has 0 spiro atoms. The summed E-state index contributed by atoms with van der Waals surface area (Å²) in [5.74, 6) is -3.54. The third-order valence-electron chi connectivity index (χ3n) is 11.3. The summed E-state index contributed by atoms with van der Waals surface area (Å²) in [5.41, 5.74) is 3.39. The third kappa shape index (κ3) is 13.6. The fourth-order valence-corrected chi connectivity index (χ4v) is 7.33. The number of alkyl halides is 4. The minimum absolute atomic E-state index is 0.00267. The molecule has 5 amide bonds. The van der Waals surface area contributed by atoms with Crippen molar-refractivity contribution in [2.24, 2.45) is 0 Å².